The van der Waals surface area contributed by atoms with E-state index in [0.717, 1.165) is 36.8 Å². The van der Waals surface area contributed by atoms with Crippen molar-refractivity contribution in [2.45, 2.75) is 39.8 Å². The molecule has 0 saturated heterocycles. The van der Waals surface area contributed by atoms with E-state index in [-0.39, 0.29) is 5.54 Å². The summed E-state index contributed by atoms with van der Waals surface area (Å²) in [6, 6.07) is 3.95. The van der Waals surface area contributed by atoms with Crippen molar-refractivity contribution in [3.8, 4) is 5.75 Å². The number of likely N-dealkylation sites (N-methyl/N-ethyl adjacent to an activating group) is 1. The Labute approximate surface area is 117 Å². The fraction of sp³-hybridized carbons (Fsp3) is 0.667. The van der Waals surface area contributed by atoms with Crippen LogP contribution in [0.25, 0.3) is 0 Å². The first-order chi connectivity index (χ1) is 8.80. The Hall–Kier alpha value is -1.13. The summed E-state index contributed by atoms with van der Waals surface area (Å²) >= 11 is 0. The summed E-state index contributed by atoms with van der Waals surface area (Å²) in [4.78, 5) is 6.80. The summed E-state index contributed by atoms with van der Waals surface area (Å²) in [5.74, 6) is 0.878. The lowest BCUT2D eigenvalue weighted by molar-refractivity contribution is 0.299. The zero-order valence-corrected chi connectivity index (χ0v) is 13.1. The maximum atomic E-state index is 5.27. The first-order valence-electron chi connectivity index (χ1n) is 6.75. The van der Waals surface area contributed by atoms with Crippen molar-refractivity contribution >= 4 is 0 Å². The monoisotopic (exact) mass is 265 g/mol. The highest BCUT2D eigenvalue weighted by atomic mass is 16.5. The SMILES string of the molecule is COc1cc(C)nc(CN(C)CCNC(C)(C)C)c1. The van der Waals surface area contributed by atoms with Gasteiger partial charge in [0.1, 0.15) is 5.75 Å². The highest BCUT2D eigenvalue weighted by molar-refractivity contribution is 5.26. The van der Waals surface area contributed by atoms with Gasteiger partial charge in [-0.2, -0.15) is 0 Å². The van der Waals surface area contributed by atoms with Crippen molar-refractivity contribution in [3.05, 3.63) is 23.5 Å². The van der Waals surface area contributed by atoms with Crippen LogP contribution in [0.3, 0.4) is 0 Å². The standard InChI is InChI=1S/C15H27N3O/c1-12-9-14(19-6)10-13(17-12)11-18(5)8-7-16-15(2,3)4/h9-10,16H,7-8,11H2,1-6H3. The third-order valence-corrected chi connectivity index (χ3v) is 2.80. The lowest BCUT2D eigenvalue weighted by Gasteiger charge is -2.23. The van der Waals surface area contributed by atoms with Gasteiger partial charge in [0.05, 0.1) is 12.8 Å². The maximum absolute atomic E-state index is 5.27. The number of aryl methyl sites for hydroxylation is 1. The highest BCUT2D eigenvalue weighted by Crippen LogP contribution is 2.14. The molecule has 0 spiro atoms. The molecule has 0 bridgehead atoms. The minimum Gasteiger partial charge on any atom is -0.497 e. The fourth-order valence-corrected chi connectivity index (χ4v) is 1.88. The van der Waals surface area contributed by atoms with Crippen molar-refractivity contribution in [2.75, 3.05) is 27.2 Å². The summed E-state index contributed by atoms with van der Waals surface area (Å²) in [5, 5.41) is 3.49. The van der Waals surface area contributed by atoms with E-state index in [9.17, 15) is 0 Å². The van der Waals surface area contributed by atoms with E-state index >= 15 is 0 Å². The molecule has 0 fully saturated rings. The highest BCUT2D eigenvalue weighted by Gasteiger charge is 2.09. The molecule has 19 heavy (non-hydrogen) atoms. The van der Waals surface area contributed by atoms with E-state index < -0.39 is 0 Å². The van der Waals surface area contributed by atoms with Gasteiger partial charge in [0.25, 0.3) is 0 Å². The summed E-state index contributed by atoms with van der Waals surface area (Å²) in [6.07, 6.45) is 0. The van der Waals surface area contributed by atoms with Crippen LogP contribution in [-0.4, -0.2) is 42.7 Å². The summed E-state index contributed by atoms with van der Waals surface area (Å²) in [6.45, 7) is 11.3. The molecule has 0 radical (unpaired) electrons. The number of rotatable bonds is 6. The number of hydrogen-bond acceptors (Lipinski definition) is 4. The average molecular weight is 265 g/mol. The molecule has 1 rings (SSSR count). The Bertz CT molecular complexity index is 399. The molecule has 0 aliphatic carbocycles. The lowest BCUT2D eigenvalue weighted by atomic mass is 10.1. The molecule has 0 aliphatic heterocycles. The molecule has 1 aromatic rings. The quantitative estimate of drug-likeness (QED) is 0.856. The number of nitrogens with zero attached hydrogens (tertiary/aromatic N) is 2. The Morgan fingerprint density at radius 2 is 2.00 bits per heavy atom. The van der Waals surface area contributed by atoms with Crippen molar-refractivity contribution < 1.29 is 4.74 Å². The summed E-state index contributed by atoms with van der Waals surface area (Å²) in [5.41, 5.74) is 2.22. The van der Waals surface area contributed by atoms with Crippen LogP contribution in [-0.2, 0) is 6.54 Å². The van der Waals surface area contributed by atoms with Crippen LogP contribution in [0, 0.1) is 6.92 Å². The smallest absolute Gasteiger partial charge is 0.122 e. The predicted octanol–water partition coefficient (Wildman–Crippen LogP) is 2.22. The first-order valence-corrected chi connectivity index (χ1v) is 6.75. The van der Waals surface area contributed by atoms with Gasteiger partial charge < -0.3 is 10.1 Å². The first kappa shape index (κ1) is 15.9. The average Bonchev–Trinajstić information content (AvgIpc) is 2.26. The third-order valence-electron chi connectivity index (χ3n) is 2.80. The Balaban J connectivity index is 2.48. The van der Waals surface area contributed by atoms with Gasteiger partial charge in [-0.3, -0.25) is 9.88 Å². The third kappa shape index (κ3) is 6.55. The molecule has 0 saturated carbocycles. The number of methoxy groups -OCH3 is 1. The maximum Gasteiger partial charge on any atom is 0.122 e. The van der Waals surface area contributed by atoms with Gasteiger partial charge >= 0.3 is 0 Å². The second kappa shape index (κ2) is 6.87. The normalized spacial score (nSPS) is 11.9. The van der Waals surface area contributed by atoms with Gasteiger partial charge in [0.15, 0.2) is 0 Å². The molecule has 0 unspecified atom stereocenters. The predicted molar refractivity (Wildman–Crippen MR) is 79.6 cm³/mol. The van der Waals surface area contributed by atoms with Crippen molar-refractivity contribution in [1.29, 1.82) is 0 Å². The molecule has 0 aliphatic rings. The molecular weight excluding hydrogens is 238 g/mol. The number of hydrogen-bond donors (Lipinski definition) is 1. The van der Waals surface area contributed by atoms with Crippen LogP contribution in [0.15, 0.2) is 12.1 Å². The molecule has 4 nitrogen and oxygen atoms in total. The van der Waals surface area contributed by atoms with E-state index in [1.807, 2.05) is 19.1 Å². The van der Waals surface area contributed by atoms with Crippen molar-refractivity contribution in [1.82, 2.24) is 15.2 Å². The number of ether oxygens (including phenoxy) is 1. The number of aromatic nitrogens is 1. The topological polar surface area (TPSA) is 37.4 Å². The van der Waals surface area contributed by atoms with Gasteiger partial charge in [0.2, 0.25) is 0 Å². The Morgan fingerprint density at radius 3 is 2.58 bits per heavy atom. The van der Waals surface area contributed by atoms with E-state index in [1.165, 1.54) is 0 Å². The molecule has 0 atom stereocenters. The van der Waals surface area contributed by atoms with Crippen molar-refractivity contribution in [2.24, 2.45) is 0 Å². The number of pyridine rings is 1. The van der Waals surface area contributed by atoms with E-state index in [1.54, 1.807) is 7.11 Å². The number of nitrogens with one attached hydrogen (secondary N) is 1. The molecular formula is C15H27N3O. The van der Waals surface area contributed by atoms with Crippen LogP contribution in [0.4, 0.5) is 0 Å². The second-order valence-electron chi connectivity index (χ2n) is 6.05. The van der Waals surface area contributed by atoms with E-state index in [4.69, 9.17) is 4.74 Å². The van der Waals surface area contributed by atoms with Crippen LogP contribution in [0.1, 0.15) is 32.2 Å². The van der Waals surface area contributed by atoms with E-state index in [0.29, 0.717) is 0 Å². The molecule has 4 heteroatoms. The van der Waals surface area contributed by atoms with Gasteiger partial charge in [-0.15, -0.1) is 0 Å². The Morgan fingerprint density at radius 1 is 1.32 bits per heavy atom. The zero-order chi connectivity index (χ0) is 14.5. The lowest BCUT2D eigenvalue weighted by Crippen LogP contribution is -2.40. The van der Waals surface area contributed by atoms with Gasteiger partial charge in [-0.1, -0.05) is 0 Å². The van der Waals surface area contributed by atoms with Crippen LogP contribution >= 0.6 is 0 Å². The van der Waals surface area contributed by atoms with E-state index in [2.05, 4.69) is 43.0 Å². The molecule has 1 heterocycles. The van der Waals surface area contributed by atoms with Gasteiger partial charge in [-0.05, 0) is 34.7 Å². The van der Waals surface area contributed by atoms with Gasteiger partial charge in [0, 0.05) is 43.0 Å². The van der Waals surface area contributed by atoms with Crippen LogP contribution < -0.4 is 10.1 Å². The van der Waals surface area contributed by atoms with Gasteiger partial charge in [-0.25, -0.2) is 0 Å². The fourth-order valence-electron chi connectivity index (χ4n) is 1.88. The van der Waals surface area contributed by atoms with Crippen LogP contribution in [0.5, 0.6) is 5.75 Å². The molecule has 1 N–H and O–H groups in total. The van der Waals surface area contributed by atoms with Crippen LogP contribution in [0.2, 0.25) is 0 Å². The molecule has 0 amide bonds. The molecule has 1 aromatic heterocycles. The second-order valence-corrected chi connectivity index (χ2v) is 6.05. The largest absolute Gasteiger partial charge is 0.497 e. The zero-order valence-electron chi connectivity index (χ0n) is 13.1. The Kier molecular flexibility index (Phi) is 5.76. The molecule has 0 aromatic carbocycles. The summed E-state index contributed by atoms with van der Waals surface area (Å²) < 4.78 is 5.27. The minimum atomic E-state index is 0.172. The van der Waals surface area contributed by atoms with Crippen molar-refractivity contribution in [3.63, 3.8) is 0 Å². The molecule has 108 valence electrons. The minimum absolute atomic E-state index is 0.172. The summed E-state index contributed by atoms with van der Waals surface area (Å²) in [7, 11) is 3.80.